The summed E-state index contributed by atoms with van der Waals surface area (Å²) in [6, 6.07) is 8.01. The highest BCUT2D eigenvalue weighted by molar-refractivity contribution is 6.30. The monoisotopic (exact) mass is 265 g/mol. The second-order valence-electron chi connectivity index (χ2n) is 5.17. The van der Waals surface area contributed by atoms with E-state index in [4.69, 9.17) is 11.6 Å². The van der Waals surface area contributed by atoms with Crippen molar-refractivity contribution >= 4 is 17.5 Å². The Morgan fingerprint density at radius 2 is 2.00 bits per heavy atom. The smallest absolute Gasteiger partial charge is 0.220 e. The van der Waals surface area contributed by atoms with Crippen LogP contribution in [0.25, 0.3) is 0 Å². The minimum atomic E-state index is 0.173. The van der Waals surface area contributed by atoms with Crippen molar-refractivity contribution in [2.24, 2.45) is 0 Å². The number of carbonyl (C=O) groups excluding carboxylic acids is 1. The zero-order chi connectivity index (χ0) is 13.0. The number of hydrogen-bond donors (Lipinski definition) is 1. The van der Waals surface area contributed by atoms with Gasteiger partial charge in [-0.2, -0.15) is 0 Å². The van der Waals surface area contributed by atoms with Gasteiger partial charge in [-0.05, 0) is 37.0 Å². The number of nitrogens with one attached hydrogen (secondary N) is 1. The molecule has 0 heterocycles. The quantitative estimate of drug-likeness (QED) is 0.835. The number of rotatable bonds is 6. The molecule has 1 amide bonds. The van der Waals surface area contributed by atoms with E-state index in [1.54, 1.807) is 0 Å². The Morgan fingerprint density at radius 1 is 1.33 bits per heavy atom. The van der Waals surface area contributed by atoms with E-state index in [0.717, 1.165) is 37.3 Å². The Hall–Kier alpha value is -1.02. The molecule has 3 heteroatoms. The van der Waals surface area contributed by atoms with Gasteiger partial charge in [0, 0.05) is 23.4 Å². The van der Waals surface area contributed by atoms with Crippen molar-refractivity contribution in [1.29, 1.82) is 0 Å². The van der Waals surface area contributed by atoms with Crippen LogP contribution in [-0.4, -0.2) is 12.5 Å². The van der Waals surface area contributed by atoms with Gasteiger partial charge in [0.2, 0.25) is 5.91 Å². The predicted molar refractivity (Wildman–Crippen MR) is 74.9 cm³/mol. The molecule has 1 aliphatic carbocycles. The molecule has 0 unspecified atom stereocenters. The largest absolute Gasteiger partial charge is 0.355 e. The maximum atomic E-state index is 11.6. The van der Waals surface area contributed by atoms with Crippen LogP contribution in [0, 0.1) is 0 Å². The average molecular weight is 266 g/mol. The molecule has 0 saturated heterocycles. The van der Waals surface area contributed by atoms with Crippen molar-refractivity contribution < 1.29 is 4.79 Å². The Kier molecular flexibility index (Phi) is 4.28. The van der Waals surface area contributed by atoms with Crippen LogP contribution in [0.3, 0.4) is 0 Å². The number of benzene rings is 1. The predicted octanol–water partition coefficient (Wildman–Crippen LogP) is 3.68. The van der Waals surface area contributed by atoms with Crippen LogP contribution in [0.5, 0.6) is 0 Å². The average Bonchev–Trinajstić information content (AvgIpc) is 3.16. The van der Waals surface area contributed by atoms with E-state index >= 15 is 0 Å². The summed E-state index contributed by atoms with van der Waals surface area (Å²) in [5.41, 5.74) is 1.47. The molecular weight excluding hydrogens is 246 g/mol. The van der Waals surface area contributed by atoms with Crippen molar-refractivity contribution in [3.05, 3.63) is 34.9 Å². The first kappa shape index (κ1) is 13.4. The van der Waals surface area contributed by atoms with Gasteiger partial charge < -0.3 is 5.32 Å². The first-order chi connectivity index (χ1) is 8.66. The van der Waals surface area contributed by atoms with Crippen LogP contribution >= 0.6 is 11.6 Å². The number of carbonyl (C=O) groups is 1. The summed E-state index contributed by atoms with van der Waals surface area (Å²) in [5, 5.41) is 3.83. The lowest BCUT2D eigenvalue weighted by atomic mass is 9.96. The van der Waals surface area contributed by atoms with E-state index in [-0.39, 0.29) is 11.3 Å². The van der Waals surface area contributed by atoms with Crippen LogP contribution < -0.4 is 5.32 Å². The lowest BCUT2D eigenvalue weighted by Gasteiger charge is -2.16. The van der Waals surface area contributed by atoms with Gasteiger partial charge in [0.15, 0.2) is 0 Å². The number of unbranched alkanes of at least 4 members (excludes halogenated alkanes) is 1. The molecule has 1 aromatic rings. The fourth-order valence-electron chi connectivity index (χ4n) is 2.22. The lowest BCUT2D eigenvalue weighted by molar-refractivity contribution is -0.121. The third-order valence-electron chi connectivity index (χ3n) is 3.69. The molecule has 1 fully saturated rings. The molecule has 0 aliphatic heterocycles. The summed E-state index contributed by atoms with van der Waals surface area (Å²) >= 11 is 5.90. The Bertz CT molecular complexity index is 409. The Balaban J connectivity index is 1.88. The van der Waals surface area contributed by atoms with Crippen LogP contribution in [0.1, 0.15) is 44.6 Å². The SMILES string of the molecule is CCCCC(=O)NCC1(c2ccc(Cl)cc2)CC1. The lowest BCUT2D eigenvalue weighted by Crippen LogP contribution is -2.32. The van der Waals surface area contributed by atoms with Gasteiger partial charge in [0.1, 0.15) is 0 Å². The molecule has 98 valence electrons. The summed E-state index contributed by atoms with van der Waals surface area (Å²) in [4.78, 5) is 11.6. The molecular formula is C15H20ClNO. The summed E-state index contributed by atoms with van der Waals surface area (Å²) in [6.07, 6.45) is 4.99. The van der Waals surface area contributed by atoms with E-state index in [1.165, 1.54) is 5.56 Å². The molecule has 0 atom stereocenters. The third kappa shape index (κ3) is 3.26. The summed E-state index contributed by atoms with van der Waals surface area (Å²) < 4.78 is 0. The first-order valence-electron chi connectivity index (χ1n) is 6.69. The Morgan fingerprint density at radius 3 is 2.56 bits per heavy atom. The zero-order valence-electron chi connectivity index (χ0n) is 10.8. The fourth-order valence-corrected chi connectivity index (χ4v) is 2.34. The van der Waals surface area contributed by atoms with Gasteiger partial charge in [-0.3, -0.25) is 4.79 Å². The maximum Gasteiger partial charge on any atom is 0.220 e. The molecule has 2 nitrogen and oxygen atoms in total. The van der Waals surface area contributed by atoms with Gasteiger partial charge in [0.05, 0.1) is 0 Å². The third-order valence-corrected chi connectivity index (χ3v) is 3.94. The molecule has 1 N–H and O–H groups in total. The normalized spacial score (nSPS) is 16.3. The van der Waals surface area contributed by atoms with Crippen LogP contribution in [-0.2, 0) is 10.2 Å². The van der Waals surface area contributed by atoms with E-state index < -0.39 is 0 Å². The molecule has 0 bridgehead atoms. The van der Waals surface area contributed by atoms with E-state index in [1.807, 2.05) is 12.1 Å². The van der Waals surface area contributed by atoms with Gasteiger partial charge in [-0.15, -0.1) is 0 Å². The highest BCUT2D eigenvalue weighted by Crippen LogP contribution is 2.47. The fraction of sp³-hybridized carbons (Fsp3) is 0.533. The van der Waals surface area contributed by atoms with Crippen molar-refractivity contribution in [2.75, 3.05) is 6.54 Å². The summed E-state index contributed by atoms with van der Waals surface area (Å²) in [7, 11) is 0. The molecule has 1 aromatic carbocycles. The molecule has 1 saturated carbocycles. The molecule has 0 spiro atoms. The summed E-state index contributed by atoms with van der Waals surface area (Å²) in [5.74, 6) is 0.178. The van der Waals surface area contributed by atoms with Crippen LogP contribution in [0.2, 0.25) is 5.02 Å². The van der Waals surface area contributed by atoms with Gasteiger partial charge in [-0.1, -0.05) is 37.1 Å². The van der Waals surface area contributed by atoms with Crippen molar-refractivity contribution in [3.8, 4) is 0 Å². The Labute approximate surface area is 114 Å². The topological polar surface area (TPSA) is 29.1 Å². The van der Waals surface area contributed by atoms with Crippen molar-refractivity contribution in [3.63, 3.8) is 0 Å². The highest BCUT2D eigenvalue weighted by Gasteiger charge is 2.44. The van der Waals surface area contributed by atoms with Gasteiger partial charge >= 0.3 is 0 Å². The highest BCUT2D eigenvalue weighted by atomic mass is 35.5. The first-order valence-corrected chi connectivity index (χ1v) is 7.07. The molecule has 2 rings (SSSR count). The van der Waals surface area contributed by atoms with Gasteiger partial charge in [0.25, 0.3) is 0 Å². The van der Waals surface area contributed by atoms with E-state index in [9.17, 15) is 4.79 Å². The number of hydrogen-bond acceptors (Lipinski definition) is 1. The standard InChI is InChI=1S/C15H20ClNO/c1-2-3-4-14(18)17-11-15(9-10-15)12-5-7-13(16)8-6-12/h5-8H,2-4,9-11H2,1H3,(H,17,18). The molecule has 18 heavy (non-hydrogen) atoms. The second-order valence-corrected chi connectivity index (χ2v) is 5.60. The number of halogens is 1. The molecule has 0 aromatic heterocycles. The zero-order valence-corrected chi connectivity index (χ0v) is 11.6. The van der Waals surface area contributed by atoms with E-state index in [2.05, 4.69) is 24.4 Å². The minimum absolute atomic E-state index is 0.173. The van der Waals surface area contributed by atoms with Crippen LogP contribution in [0.4, 0.5) is 0 Å². The maximum absolute atomic E-state index is 11.6. The molecule has 0 radical (unpaired) electrons. The van der Waals surface area contributed by atoms with Crippen molar-refractivity contribution in [1.82, 2.24) is 5.32 Å². The molecule has 1 aliphatic rings. The van der Waals surface area contributed by atoms with Crippen molar-refractivity contribution in [2.45, 2.75) is 44.4 Å². The number of amides is 1. The van der Waals surface area contributed by atoms with Crippen LogP contribution in [0.15, 0.2) is 24.3 Å². The second kappa shape index (κ2) is 5.75. The minimum Gasteiger partial charge on any atom is -0.355 e. The van der Waals surface area contributed by atoms with Gasteiger partial charge in [-0.25, -0.2) is 0 Å². The van der Waals surface area contributed by atoms with E-state index in [0.29, 0.717) is 6.42 Å². The summed E-state index contributed by atoms with van der Waals surface area (Å²) in [6.45, 7) is 2.86.